The summed E-state index contributed by atoms with van der Waals surface area (Å²) in [5, 5.41) is 3.52. The van der Waals surface area contributed by atoms with Crippen LogP contribution in [0.5, 0.6) is 0 Å². The third-order valence-corrected chi connectivity index (χ3v) is 7.22. The van der Waals surface area contributed by atoms with Crippen LogP contribution in [0.3, 0.4) is 0 Å². The SMILES string of the molecule is Nc1ccc(-c2ccc(C3OCC(Nc4ccc(-c5ccc(C6COC(N)OC6)cc5)cc4)CO3)cc2)cc1. The van der Waals surface area contributed by atoms with Crippen molar-refractivity contribution in [3.05, 3.63) is 108 Å². The van der Waals surface area contributed by atoms with E-state index < -0.39 is 6.41 Å². The van der Waals surface area contributed by atoms with Gasteiger partial charge in [-0.15, -0.1) is 0 Å². The van der Waals surface area contributed by atoms with Crippen LogP contribution in [0, 0.1) is 0 Å². The lowest BCUT2D eigenvalue weighted by Gasteiger charge is -2.30. The zero-order valence-electron chi connectivity index (χ0n) is 21.7. The minimum absolute atomic E-state index is 0.0773. The van der Waals surface area contributed by atoms with Crippen LogP contribution in [0.25, 0.3) is 22.3 Å². The lowest BCUT2D eigenvalue weighted by molar-refractivity contribution is -0.187. The van der Waals surface area contributed by atoms with Gasteiger partial charge in [-0.2, -0.15) is 0 Å². The van der Waals surface area contributed by atoms with Gasteiger partial charge in [-0.1, -0.05) is 72.8 Å². The number of ether oxygens (including phenoxy) is 4. The van der Waals surface area contributed by atoms with Crippen LogP contribution in [0.4, 0.5) is 11.4 Å². The molecule has 0 aliphatic carbocycles. The van der Waals surface area contributed by atoms with E-state index in [9.17, 15) is 0 Å². The zero-order chi connectivity index (χ0) is 26.6. The predicted octanol–water partition coefficient (Wildman–Crippen LogP) is 5.50. The molecule has 2 heterocycles. The first kappa shape index (κ1) is 25.6. The van der Waals surface area contributed by atoms with Crippen molar-refractivity contribution in [1.29, 1.82) is 0 Å². The predicted molar refractivity (Wildman–Crippen MR) is 153 cm³/mol. The van der Waals surface area contributed by atoms with Gasteiger partial charge in [0.2, 0.25) is 6.41 Å². The number of benzene rings is 4. The average molecular weight is 524 g/mol. The first-order valence-corrected chi connectivity index (χ1v) is 13.3. The van der Waals surface area contributed by atoms with Crippen molar-refractivity contribution in [3.8, 4) is 22.3 Å². The molecule has 0 radical (unpaired) electrons. The Morgan fingerprint density at radius 3 is 1.54 bits per heavy atom. The number of nitrogen functional groups attached to an aromatic ring is 1. The molecule has 0 unspecified atom stereocenters. The number of nitrogens with one attached hydrogen (secondary N) is 1. The largest absolute Gasteiger partial charge is 0.399 e. The Kier molecular flexibility index (Phi) is 7.58. The number of hydrogen-bond donors (Lipinski definition) is 3. The topological polar surface area (TPSA) is 101 Å². The van der Waals surface area contributed by atoms with E-state index in [0.717, 1.165) is 39.2 Å². The molecule has 7 heteroatoms. The van der Waals surface area contributed by atoms with E-state index in [1.807, 2.05) is 24.3 Å². The van der Waals surface area contributed by atoms with Gasteiger partial charge in [0.25, 0.3) is 0 Å². The smallest absolute Gasteiger partial charge is 0.213 e. The second-order valence-electron chi connectivity index (χ2n) is 10.0. The molecule has 2 saturated heterocycles. The van der Waals surface area contributed by atoms with Crippen molar-refractivity contribution in [2.45, 2.75) is 24.7 Å². The molecule has 0 amide bonds. The van der Waals surface area contributed by atoms with Gasteiger partial charge >= 0.3 is 0 Å². The van der Waals surface area contributed by atoms with Gasteiger partial charge in [0, 0.05) is 22.9 Å². The van der Waals surface area contributed by atoms with E-state index in [2.05, 4.69) is 78.1 Å². The van der Waals surface area contributed by atoms with Gasteiger partial charge in [0.05, 0.1) is 32.5 Å². The Morgan fingerprint density at radius 1 is 0.538 bits per heavy atom. The van der Waals surface area contributed by atoms with Crippen molar-refractivity contribution in [2.75, 3.05) is 37.5 Å². The molecule has 39 heavy (non-hydrogen) atoms. The Balaban J connectivity index is 1.00. The molecule has 2 fully saturated rings. The molecule has 0 saturated carbocycles. The van der Waals surface area contributed by atoms with E-state index >= 15 is 0 Å². The highest BCUT2D eigenvalue weighted by Gasteiger charge is 2.24. The van der Waals surface area contributed by atoms with E-state index in [4.69, 9.17) is 30.4 Å². The molecular formula is C32H33N3O4. The molecule has 0 atom stereocenters. The zero-order valence-corrected chi connectivity index (χ0v) is 21.7. The summed E-state index contributed by atoms with van der Waals surface area (Å²) in [6.07, 6.45) is -0.975. The quantitative estimate of drug-likeness (QED) is 0.287. The van der Waals surface area contributed by atoms with Gasteiger partial charge in [-0.05, 0) is 52.1 Å². The third kappa shape index (κ3) is 6.14. The lowest BCUT2D eigenvalue weighted by atomic mass is 9.97. The Labute approximate surface area is 228 Å². The summed E-state index contributed by atoms with van der Waals surface area (Å²) >= 11 is 0. The second-order valence-corrected chi connectivity index (χ2v) is 10.0. The first-order valence-electron chi connectivity index (χ1n) is 13.3. The molecule has 5 N–H and O–H groups in total. The van der Waals surface area contributed by atoms with Crippen LogP contribution < -0.4 is 16.8 Å². The Hall–Kier alpha value is -3.72. The molecule has 0 spiro atoms. The standard InChI is InChI=1S/C32H33N3O4/c33-28-13-9-23(10-14-28)22-5-7-26(8-6-22)31-36-19-30(20-37-31)35-29-15-11-24(12-16-29)21-1-3-25(4-2-21)27-17-38-32(34)39-18-27/h1-16,27,30-32,35H,17-20,33-34H2. The van der Waals surface area contributed by atoms with Gasteiger partial charge in [-0.25, -0.2) is 0 Å². The Bertz CT molecular complexity index is 1340. The fourth-order valence-electron chi connectivity index (χ4n) is 4.94. The third-order valence-electron chi connectivity index (χ3n) is 7.22. The van der Waals surface area contributed by atoms with E-state index in [0.29, 0.717) is 26.4 Å². The van der Waals surface area contributed by atoms with Crippen LogP contribution in [-0.2, 0) is 18.9 Å². The van der Waals surface area contributed by atoms with Gasteiger partial charge in [0.1, 0.15) is 0 Å². The number of anilines is 2. The Morgan fingerprint density at radius 2 is 1.00 bits per heavy atom. The lowest BCUT2D eigenvalue weighted by Crippen LogP contribution is -2.37. The van der Waals surface area contributed by atoms with Crippen molar-refractivity contribution >= 4 is 11.4 Å². The molecule has 200 valence electrons. The van der Waals surface area contributed by atoms with Crippen molar-refractivity contribution in [1.82, 2.24) is 0 Å². The van der Waals surface area contributed by atoms with Crippen LogP contribution in [-0.4, -0.2) is 38.9 Å². The average Bonchev–Trinajstić information content (AvgIpc) is 2.99. The summed E-state index contributed by atoms with van der Waals surface area (Å²) < 4.78 is 22.9. The first-order chi connectivity index (χ1) is 19.1. The summed E-state index contributed by atoms with van der Waals surface area (Å²) in [5.74, 6) is 0.207. The molecule has 0 bridgehead atoms. The molecule has 4 aromatic rings. The normalized spacial score (nSPS) is 23.3. The molecule has 6 rings (SSSR count). The minimum atomic E-state index is -0.611. The van der Waals surface area contributed by atoms with E-state index in [1.165, 1.54) is 5.56 Å². The van der Waals surface area contributed by atoms with Gasteiger partial charge in [0.15, 0.2) is 6.29 Å². The van der Waals surface area contributed by atoms with Crippen molar-refractivity contribution < 1.29 is 18.9 Å². The number of hydrogen-bond acceptors (Lipinski definition) is 7. The molecular weight excluding hydrogens is 490 g/mol. The van der Waals surface area contributed by atoms with Gasteiger partial charge < -0.3 is 30.0 Å². The fourth-order valence-corrected chi connectivity index (χ4v) is 4.94. The minimum Gasteiger partial charge on any atom is -0.399 e. The highest BCUT2D eigenvalue weighted by molar-refractivity contribution is 5.67. The molecule has 7 nitrogen and oxygen atoms in total. The highest BCUT2D eigenvalue weighted by atomic mass is 16.7. The van der Waals surface area contributed by atoms with Crippen LogP contribution in [0.1, 0.15) is 23.3 Å². The molecule has 2 aliphatic heterocycles. The monoisotopic (exact) mass is 523 g/mol. The molecule has 0 aromatic heterocycles. The highest BCUT2D eigenvalue weighted by Crippen LogP contribution is 2.29. The van der Waals surface area contributed by atoms with E-state index in [-0.39, 0.29) is 18.2 Å². The summed E-state index contributed by atoms with van der Waals surface area (Å²) in [6.45, 7) is 2.28. The van der Waals surface area contributed by atoms with E-state index in [1.54, 1.807) is 0 Å². The van der Waals surface area contributed by atoms with Crippen molar-refractivity contribution in [2.24, 2.45) is 5.73 Å². The number of rotatable bonds is 6. The van der Waals surface area contributed by atoms with Crippen LogP contribution in [0.15, 0.2) is 97.1 Å². The van der Waals surface area contributed by atoms with Crippen LogP contribution in [0.2, 0.25) is 0 Å². The number of nitrogens with two attached hydrogens (primary N) is 2. The maximum absolute atomic E-state index is 6.04. The molecule has 2 aliphatic rings. The maximum Gasteiger partial charge on any atom is 0.213 e. The summed E-state index contributed by atoms with van der Waals surface area (Å²) in [6, 6.07) is 33.2. The summed E-state index contributed by atoms with van der Waals surface area (Å²) in [5.41, 5.74) is 20.0. The maximum atomic E-state index is 6.04. The summed E-state index contributed by atoms with van der Waals surface area (Å²) in [7, 11) is 0. The second kappa shape index (κ2) is 11.6. The molecule has 4 aromatic carbocycles. The van der Waals surface area contributed by atoms with Crippen LogP contribution >= 0.6 is 0 Å². The summed E-state index contributed by atoms with van der Waals surface area (Å²) in [4.78, 5) is 0. The van der Waals surface area contributed by atoms with Crippen molar-refractivity contribution in [3.63, 3.8) is 0 Å². The fraction of sp³-hybridized carbons (Fsp3) is 0.250. The van der Waals surface area contributed by atoms with Gasteiger partial charge in [-0.3, -0.25) is 5.73 Å².